The molecule has 0 saturated carbocycles. The van der Waals surface area contributed by atoms with Crippen molar-refractivity contribution in [1.29, 1.82) is 0 Å². The molecule has 0 aromatic heterocycles. The van der Waals surface area contributed by atoms with Crippen molar-refractivity contribution in [2.24, 2.45) is 0 Å². The summed E-state index contributed by atoms with van der Waals surface area (Å²) in [5, 5.41) is 13.5. The van der Waals surface area contributed by atoms with Crippen LogP contribution in [0.4, 0.5) is 10.1 Å². The van der Waals surface area contributed by atoms with Crippen LogP contribution < -0.4 is 5.32 Å². The molecule has 0 aliphatic carbocycles. The number of halogens is 2. The maximum Gasteiger partial charge on any atom is 0.123 e. The summed E-state index contributed by atoms with van der Waals surface area (Å²) in [6, 6.07) is 13.3. The molecule has 0 fully saturated rings. The SMILES string of the molecule is CC(CO)(Nc1ccc(Cl)cc1)c1ccc(F)cc1. The zero-order chi connectivity index (χ0) is 13.9. The van der Waals surface area contributed by atoms with E-state index in [1.54, 1.807) is 24.3 Å². The van der Waals surface area contributed by atoms with Crippen LogP contribution in [0.3, 0.4) is 0 Å². The van der Waals surface area contributed by atoms with Gasteiger partial charge in [-0.1, -0.05) is 23.7 Å². The lowest BCUT2D eigenvalue weighted by Gasteiger charge is -2.30. The first-order chi connectivity index (χ1) is 9.03. The highest BCUT2D eigenvalue weighted by Crippen LogP contribution is 2.26. The van der Waals surface area contributed by atoms with E-state index in [2.05, 4.69) is 5.32 Å². The van der Waals surface area contributed by atoms with Gasteiger partial charge in [0.05, 0.1) is 12.1 Å². The Morgan fingerprint density at radius 2 is 1.68 bits per heavy atom. The van der Waals surface area contributed by atoms with Crippen molar-refractivity contribution in [3.63, 3.8) is 0 Å². The zero-order valence-electron chi connectivity index (χ0n) is 10.5. The van der Waals surface area contributed by atoms with Crippen LogP contribution >= 0.6 is 11.6 Å². The van der Waals surface area contributed by atoms with E-state index in [1.807, 2.05) is 19.1 Å². The molecule has 2 rings (SSSR count). The first-order valence-corrected chi connectivity index (χ1v) is 6.32. The van der Waals surface area contributed by atoms with Gasteiger partial charge in [-0.2, -0.15) is 0 Å². The first-order valence-electron chi connectivity index (χ1n) is 5.94. The maximum atomic E-state index is 13.0. The van der Waals surface area contributed by atoms with Crippen LogP contribution in [0.5, 0.6) is 0 Å². The van der Waals surface area contributed by atoms with E-state index in [1.165, 1.54) is 12.1 Å². The van der Waals surface area contributed by atoms with Gasteiger partial charge in [-0.25, -0.2) is 4.39 Å². The molecule has 0 spiro atoms. The third kappa shape index (κ3) is 3.25. The number of rotatable bonds is 4. The van der Waals surface area contributed by atoms with E-state index in [0.29, 0.717) is 5.02 Å². The molecule has 1 unspecified atom stereocenters. The van der Waals surface area contributed by atoms with Gasteiger partial charge in [0.15, 0.2) is 0 Å². The Hall–Kier alpha value is -1.58. The van der Waals surface area contributed by atoms with Gasteiger partial charge < -0.3 is 10.4 Å². The van der Waals surface area contributed by atoms with Crippen molar-refractivity contribution >= 4 is 17.3 Å². The predicted octanol–water partition coefficient (Wildman–Crippen LogP) is 3.80. The molecule has 19 heavy (non-hydrogen) atoms. The van der Waals surface area contributed by atoms with Gasteiger partial charge >= 0.3 is 0 Å². The normalized spacial score (nSPS) is 13.9. The maximum absolute atomic E-state index is 13.0. The summed E-state index contributed by atoms with van der Waals surface area (Å²) in [5.74, 6) is -0.296. The largest absolute Gasteiger partial charge is 0.394 e. The summed E-state index contributed by atoms with van der Waals surface area (Å²) in [4.78, 5) is 0. The van der Waals surface area contributed by atoms with Crippen molar-refractivity contribution in [2.45, 2.75) is 12.5 Å². The summed E-state index contributed by atoms with van der Waals surface area (Å²) in [5.41, 5.74) is 0.971. The fourth-order valence-electron chi connectivity index (χ4n) is 1.87. The van der Waals surface area contributed by atoms with Crippen molar-refractivity contribution in [2.75, 3.05) is 11.9 Å². The van der Waals surface area contributed by atoms with E-state index in [0.717, 1.165) is 11.3 Å². The van der Waals surface area contributed by atoms with Crippen LogP contribution in [0, 0.1) is 5.82 Å². The highest BCUT2D eigenvalue weighted by atomic mass is 35.5. The third-order valence-corrected chi connectivity index (χ3v) is 3.31. The molecule has 0 amide bonds. The van der Waals surface area contributed by atoms with Crippen molar-refractivity contribution < 1.29 is 9.50 Å². The molecule has 0 bridgehead atoms. The topological polar surface area (TPSA) is 32.3 Å². The van der Waals surface area contributed by atoms with E-state index in [9.17, 15) is 9.50 Å². The molecule has 0 aliphatic rings. The lowest BCUT2D eigenvalue weighted by molar-refractivity contribution is 0.224. The van der Waals surface area contributed by atoms with Crippen LogP contribution in [0.1, 0.15) is 12.5 Å². The summed E-state index contributed by atoms with van der Waals surface area (Å²) in [6.07, 6.45) is 0. The predicted molar refractivity (Wildman–Crippen MR) is 75.9 cm³/mol. The second-order valence-electron chi connectivity index (χ2n) is 4.63. The fourth-order valence-corrected chi connectivity index (χ4v) is 2.00. The Bertz CT molecular complexity index is 541. The lowest BCUT2D eigenvalue weighted by Crippen LogP contribution is -2.35. The van der Waals surface area contributed by atoms with E-state index >= 15 is 0 Å². The highest BCUT2D eigenvalue weighted by Gasteiger charge is 2.25. The molecule has 2 aromatic carbocycles. The molecule has 1 atom stereocenters. The Morgan fingerprint density at radius 3 is 2.21 bits per heavy atom. The number of anilines is 1. The number of nitrogens with one attached hydrogen (secondary N) is 1. The molecule has 2 aromatic rings. The minimum atomic E-state index is -0.679. The van der Waals surface area contributed by atoms with Gasteiger partial charge in [0.25, 0.3) is 0 Å². The smallest absolute Gasteiger partial charge is 0.123 e. The van der Waals surface area contributed by atoms with E-state index < -0.39 is 5.54 Å². The monoisotopic (exact) mass is 279 g/mol. The first kappa shape index (κ1) is 13.8. The third-order valence-electron chi connectivity index (χ3n) is 3.06. The number of aliphatic hydroxyl groups excluding tert-OH is 1. The van der Waals surface area contributed by atoms with Crippen LogP contribution in [0.2, 0.25) is 5.02 Å². The van der Waals surface area contributed by atoms with E-state index in [4.69, 9.17) is 11.6 Å². The number of benzene rings is 2. The highest BCUT2D eigenvalue weighted by molar-refractivity contribution is 6.30. The van der Waals surface area contributed by atoms with Crippen LogP contribution in [-0.2, 0) is 5.54 Å². The Morgan fingerprint density at radius 1 is 1.11 bits per heavy atom. The van der Waals surface area contributed by atoms with Crippen molar-refractivity contribution in [1.82, 2.24) is 0 Å². The van der Waals surface area contributed by atoms with Crippen molar-refractivity contribution in [3.05, 3.63) is 64.9 Å². The summed E-state index contributed by atoms with van der Waals surface area (Å²) in [6.45, 7) is 1.75. The van der Waals surface area contributed by atoms with Crippen molar-refractivity contribution in [3.8, 4) is 0 Å². The number of hydrogen-bond acceptors (Lipinski definition) is 2. The standard InChI is InChI=1S/C15H15ClFNO/c1-15(10-19,11-2-6-13(17)7-3-11)18-14-8-4-12(16)5-9-14/h2-9,18-19H,10H2,1H3. The summed E-state index contributed by atoms with van der Waals surface area (Å²) < 4.78 is 13.0. The number of hydrogen-bond donors (Lipinski definition) is 2. The second kappa shape index (κ2) is 5.59. The van der Waals surface area contributed by atoms with Gasteiger partial charge in [0.2, 0.25) is 0 Å². The minimum Gasteiger partial charge on any atom is -0.394 e. The molecule has 100 valence electrons. The fraction of sp³-hybridized carbons (Fsp3) is 0.200. The second-order valence-corrected chi connectivity index (χ2v) is 5.07. The minimum absolute atomic E-state index is 0.110. The summed E-state index contributed by atoms with van der Waals surface area (Å²) in [7, 11) is 0. The van der Waals surface area contributed by atoms with Crippen LogP contribution in [0.15, 0.2) is 48.5 Å². The molecular formula is C15H15ClFNO. The lowest BCUT2D eigenvalue weighted by atomic mass is 9.92. The molecular weight excluding hydrogens is 265 g/mol. The van der Waals surface area contributed by atoms with Crippen LogP contribution in [0.25, 0.3) is 0 Å². The average molecular weight is 280 g/mol. The Balaban J connectivity index is 2.27. The quantitative estimate of drug-likeness (QED) is 0.892. The summed E-state index contributed by atoms with van der Waals surface area (Å²) >= 11 is 5.83. The molecule has 0 heterocycles. The molecule has 2 N–H and O–H groups in total. The van der Waals surface area contributed by atoms with E-state index in [-0.39, 0.29) is 12.4 Å². The molecule has 2 nitrogen and oxygen atoms in total. The molecule has 4 heteroatoms. The Kier molecular flexibility index (Phi) is 4.08. The Labute approximate surface area is 116 Å². The van der Waals surface area contributed by atoms with Gasteiger partial charge in [-0.3, -0.25) is 0 Å². The van der Waals surface area contributed by atoms with Gasteiger partial charge in [0, 0.05) is 10.7 Å². The van der Waals surface area contributed by atoms with Gasteiger partial charge in [-0.15, -0.1) is 0 Å². The van der Waals surface area contributed by atoms with Crippen LogP contribution in [-0.4, -0.2) is 11.7 Å². The van der Waals surface area contributed by atoms with Gasteiger partial charge in [0.1, 0.15) is 5.82 Å². The zero-order valence-corrected chi connectivity index (χ0v) is 11.3. The number of aliphatic hydroxyl groups is 1. The molecule has 0 radical (unpaired) electrons. The molecule has 0 aliphatic heterocycles. The van der Waals surface area contributed by atoms with Gasteiger partial charge in [-0.05, 0) is 48.9 Å². The average Bonchev–Trinajstić information content (AvgIpc) is 2.42. The molecule has 0 saturated heterocycles.